The zero-order valence-corrected chi connectivity index (χ0v) is 16.3. The number of nitrogens with zero attached hydrogens (tertiary/aromatic N) is 2. The van der Waals surface area contributed by atoms with Crippen LogP contribution in [-0.4, -0.2) is 31.0 Å². The molecule has 0 N–H and O–H groups in total. The van der Waals surface area contributed by atoms with E-state index in [1.165, 1.54) is 0 Å². The molecule has 1 aromatic heterocycles. The summed E-state index contributed by atoms with van der Waals surface area (Å²) in [5.41, 5.74) is 4.30. The molecular formula is C21H22N2O4. The Kier molecular flexibility index (Phi) is 4.74. The van der Waals surface area contributed by atoms with Gasteiger partial charge in [0.25, 0.3) is 0 Å². The number of allylic oxidation sites excluding steroid dienone is 2. The van der Waals surface area contributed by atoms with Crippen LogP contribution < -0.4 is 4.90 Å². The summed E-state index contributed by atoms with van der Waals surface area (Å²) in [5.74, 6) is -0.223. The number of anilines is 1. The Morgan fingerprint density at radius 2 is 1.56 bits per heavy atom. The molecule has 0 unspecified atom stereocenters. The van der Waals surface area contributed by atoms with E-state index in [0.29, 0.717) is 28.5 Å². The molecule has 6 nitrogen and oxygen atoms in total. The summed E-state index contributed by atoms with van der Waals surface area (Å²) in [5, 5.41) is 0. The van der Waals surface area contributed by atoms with Gasteiger partial charge in [-0.05, 0) is 57.5 Å². The minimum Gasteiger partial charge on any atom is -0.441 e. The lowest BCUT2D eigenvalue weighted by Crippen LogP contribution is -2.07. The van der Waals surface area contributed by atoms with Crippen molar-refractivity contribution in [2.75, 3.05) is 19.0 Å². The van der Waals surface area contributed by atoms with E-state index >= 15 is 0 Å². The number of carbonyl (C=O) groups is 2. The predicted molar refractivity (Wildman–Crippen MR) is 103 cm³/mol. The largest absolute Gasteiger partial charge is 0.441 e. The number of cyclic esters (lactones) is 2. The van der Waals surface area contributed by atoms with Crippen molar-refractivity contribution >= 4 is 23.2 Å². The van der Waals surface area contributed by atoms with Crippen molar-refractivity contribution in [1.82, 2.24) is 4.98 Å². The van der Waals surface area contributed by atoms with Crippen molar-refractivity contribution in [3.8, 4) is 11.5 Å². The van der Waals surface area contributed by atoms with Crippen LogP contribution in [0.3, 0.4) is 0 Å². The average molecular weight is 366 g/mol. The number of carbonyl (C=O) groups excluding carboxylic acids is 2. The smallest absolute Gasteiger partial charge is 0.347 e. The Morgan fingerprint density at radius 3 is 2.11 bits per heavy atom. The lowest BCUT2D eigenvalue weighted by Gasteiger charge is -2.11. The van der Waals surface area contributed by atoms with Gasteiger partial charge in [0, 0.05) is 25.3 Å². The quantitative estimate of drug-likeness (QED) is 0.466. The first-order valence-electron chi connectivity index (χ1n) is 8.61. The van der Waals surface area contributed by atoms with Gasteiger partial charge < -0.3 is 14.1 Å². The molecule has 3 rings (SSSR count). The van der Waals surface area contributed by atoms with Crippen LogP contribution in [0.15, 0.2) is 45.4 Å². The van der Waals surface area contributed by atoms with Crippen LogP contribution in [-0.2, 0) is 14.3 Å². The summed E-state index contributed by atoms with van der Waals surface area (Å²) in [6.45, 7) is 7.09. The van der Waals surface area contributed by atoms with Gasteiger partial charge in [0.2, 0.25) is 5.89 Å². The van der Waals surface area contributed by atoms with Gasteiger partial charge in [0.05, 0.1) is 11.1 Å². The van der Waals surface area contributed by atoms with Gasteiger partial charge in [0.1, 0.15) is 11.5 Å². The Bertz CT molecular complexity index is 988. The zero-order valence-electron chi connectivity index (χ0n) is 16.3. The summed E-state index contributed by atoms with van der Waals surface area (Å²) >= 11 is 0. The third-order valence-electron chi connectivity index (χ3n) is 4.50. The summed E-state index contributed by atoms with van der Waals surface area (Å²) in [6.07, 6.45) is 0. The van der Waals surface area contributed by atoms with Gasteiger partial charge in [-0.2, -0.15) is 0 Å². The number of oxazole rings is 1. The van der Waals surface area contributed by atoms with Crippen molar-refractivity contribution < 1.29 is 18.7 Å². The second kappa shape index (κ2) is 6.87. The van der Waals surface area contributed by atoms with Crippen LogP contribution in [0.25, 0.3) is 17.0 Å². The highest BCUT2D eigenvalue weighted by Crippen LogP contribution is 2.34. The molecule has 0 radical (unpaired) electrons. The van der Waals surface area contributed by atoms with Crippen LogP contribution in [0.5, 0.6) is 0 Å². The first-order valence-corrected chi connectivity index (χ1v) is 8.61. The molecule has 1 saturated heterocycles. The molecule has 1 aliphatic heterocycles. The molecule has 1 aliphatic rings. The predicted octanol–water partition coefficient (Wildman–Crippen LogP) is 3.91. The Balaban J connectivity index is 2.07. The topological polar surface area (TPSA) is 72.6 Å². The van der Waals surface area contributed by atoms with Crippen LogP contribution in [0, 0.1) is 6.92 Å². The molecule has 0 saturated carbocycles. The molecule has 1 aromatic carbocycles. The monoisotopic (exact) mass is 366 g/mol. The molecule has 6 heteroatoms. The van der Waals surface area contributed by atoms with Crippen molar-refractivity contribution in [2.45, 2.75) is 27.7 Å². The zero-order chi connectivity index (χ0) is 19.9. The molecule has 0 spiro atoms. The molecule has 27 heavy (non-hydrogen) atoms. The van der Waals surface area contributed by atoms with Crippen LogP contribution in [0.1, 0.15) is 32.2 Å². The second-order valence-corrected chi connectivity index (χ2v) is 6.92. The van der Waals surface area contributed by atoms with E-state index < -0.39 is 11.9 Å². The van der Waals surface area contributed by atoms with E-state index in [0.717, 1.165) is 16.8 Å². The minimum absolute atomic E-state index is 0.255. The highest BCUT2D eigenvalue weighted by Gasteiger charge is 2.37. The molecule has 0 amide bonds. The highest BCUT2D eigenvalue weighted by atomic mass is 16.6. The standard InChI is InChI=1S/C21H22N2O4/c1-11(2)16-17(21(25)27-20(16)24)12(3)18-13(4)26-19(22-18)14-7-9-15(10-8-14)23(5)6/h7-10H,1-6H3/b17-12-. The fourth-order valence-electron chi connectivity index (χ4n) is 3.07. The van der Waals surface area contributed by atoms with Crippen molar-refractivity contribution in [1.29, 1.82) is 0 Å². The molecule has 0 atom stereocenters. The van der Waals surface area contributed by atoms with Gasteiger partial charge in [-0.1, -0.05) is 5.57 Å². The van der Waals surface area contributed by atoms with Crippen LogP contribution >= 0.6 is 0 Å². The number of rotatable bonds is 3. The molecule has 0 bridgehead atoms. The lowest BCUT2D eigenvalue weighted by molar-refractivity contribution is -0.149. The van der Waals surface area contributed by atoms with Gasteiger partial charge in [0.15, 0.2) is 0 Å². The number of aryl methyl sites for hydroxylation is 1. The number of aromatic nitrogens is 1. The first-order chi connectivity index (χ1) is 12.7. The summed E-state index contributed by atoms with van der Waals surface area (Å²) in [4.78, 5) is 30.8. The molecule has 0 aliphatic carbocycles. The van der Waals surface area contributed by atoms with Crippen LogP contribution in [0.2, 0.25) is 0 Å². The van der Waals surface area contributed by atoms with Crippen molar-refractivity contribution in [3.05, 3.63) is 52.4 Å². The summed E-state index contributed by atoms with van der Waals surface area (Å²) in [7, 11) is 3.95. The molecule has 2 heterocycles. The van der Waals surface area contributed by atoms with Gasteiger partial charge >= 0.3 is 11.9 Å². The average Bonchev–Trinajstić information content (AvgIpc) is 3.13. The van der Waals surface area contributed by atoms with Gasteiger partial charge in [-0.25, -0.2) is 14.6 Å². The SMILES string of the molecule is CC(C)=C1C(=O)OC(=O)/C1=C(/C)c1nc(-c2ccc(N(C)C)cc2)oc1C. The van der Waals surface area contributed by atoms with Crippen molar-refractivity contribution in [3.63, 3.8) is 0 Å². The molecule has 1 fully saturated rings. The van der Waals surface area contributed by atoms with E-state index in [4.69, 9.17) is 9.15 Å². The number of ether oxygens (including phenoxy) is 1. The van der Waals surface area contributed by atoms with E-state index in [9.17, 15) is 9.59 Å². The maximum atomic E-state index is 12.2. The number of esters is 2. The van der Waals surface area contributed by atoms with Crippen molar-refractivity contribution in [2.24, 2.45) is 0 Å². The maximum Gasteiger partial charge on any atom is 0.347 e. The van der Waals surface area contributed by atoms with E-state index in [-0.39, 0.29) is 5.57 Å². The number of hydrogen-bond acceptors (Lipinski definition) is 6. The van der Waals surface area contributed by atoms with E-state index in [1.807, 2.05) is 43.3 Å². The van der Waals surface area contributed by atoms with E-state index in [2.05, 4.69) is 4.98 Å². The minimum atomic E-state index is -0.645. The Hall–Kier alpha value is -3.15. The molecular weight excluding hydrogens is 344 g/mol. The van der Waals surface area contributed by atoms with E-state index in [1.54, 1.807) is 27.7 Å². The maximum absolute atomic E-state index is 12.2. The normalized spacial score (nSPS) is 15.9. The molecule has 2 aromatic rings. The molecule has 140 valence electrons. The third-order valence-corrected chi connectivity index (χ3v) is 4.50. The summed E-state index contributed by atoms with van der Waals surface area (Å²) in [6, 6.07) is 7.83. The number of hydrogen-bond donors (Lipinski definition) is 0. The number of benzene rings is 1. The summed E-state index contributed by atoms with van der Waals surface area (Å²) < 4.78 is 10.6. The highest BCUT2D eigenvalue weighted by molar-refractivity contribution is 6.22. The fraction of sp³-hybridized carbons (Fsp3) is 0.286. The van der Waals surface area contributed by atoms with Gasteiger partial charge in [-0.15, -0.1) is 0 Å². The second-order valence-electron chi connectivity index (χ2n) is 6.92. The fourth-order valence-corrected chi connectivity index (χ4v) is 3.07. The third kappa shape index (κ3) is 3.30. The first kappa shape index (κ1) is 18.6. The Morgan fingerprint density at radius 1 is 0.963 bits per heavy atom. The van der Waals surface area contributed by atoms with Crippen LogP contribution in [0.4, 0.5) is 5.69 Å². The Labute approximate surface area is 158 Å². The lowest BCUT2D eigenvalue weighted by atomic mass is 9.97. The van der Waals surface area contributed by atoms with Gasteiger partial charge in [-0.3, -0.25) is 0 Å².